The summed E-state index contributed by atoms with van der Waals surface area (Å²) < 4.78 is 5.21. The van der Waals surface area contributed by atoms with Crippen molar-refractivity contribution in [2.45, 2.75) is 39.2 Å². The van der Waals surface area contributed by atoms with Gasteiger partial charge in [-0.15, -0.1) is 0 Å². The minimum Gasteiger partial charge on any atom is -0.481 e. The van der Waals surface area contributed by atoms with Gasteiger partial charge in [-0.05, 0) is 33.1 Å². The van der Waals surface area contributed by atoms with E-state index in [-0.39, 0.29) is 23.8 Å². The Hall–Kier alpha value is -1.10. The number of carbonyl (C=O) groups excluding carboxylic acids is 1. The molecule has 1 aliphatic rings. The van der Waals surface area contributed by atoms with Crippen molar-refractivity contribution < 1.29 is 19.4 Å². The molecule has 0 aromatic rings. The van der Waals surface area contributed by atoms with E-state index in [9.17, 15) is 9.59 Å². The minimum atomic E-state index is -0.789. The normalized spacial score (nSPS) is 25.5. The van der Waals surface area contributed by atoms with E-state index in [4.69, 9.17) is 9.84 Å². The zero-order valence-corrected chi connectivity index (χ0v) is 10.4. The highest BCUT2D eigenvalue weighted by Gasteiger charge is 2.34. The number of hydrogen-bond acceptors (Lipinski definition) is 3. The van der Waals surface area contributed by atoms with Crippen LogP contribution in [0.15, 0.2) is 0 Å². The van der Waals surface area contributed by atoms with Crippen LogP contribution in [0.3, 0.4) is 0 Å². The molecule has 1 fully saturated rings. The fraction of sp³-hybridized carbons (Fsp3) is 0.833. The van der Waals surface area contributed by atoms with Crippen LogP contribution in [0.5, 0.6) is 0 Å². The van der Waals surface area contributed by atoms with Crippen LogP contribution in [0.2, 0.25) is 0 Å². The Morgan fingerprint density at radius 3 is 2.59 bits per heavy atom. The van der Waals surface area contributed by atoms with Crippen LogP contribution in [0, 0.1) is 11.8 Å². The van der Waals surface area contributed by atoms with Gasteiger partial charge in [0.2, 0.25) is 5.91 Å². The molecule has 0 heterocycles. The van der Waals surface area contributed by atoms with E-state index in [1.165, 1.54) is 0 Å². The lowest BCUT2D eigenvalue weighted by molar-refractivity contribution is -0.141. The summed E-state index contributed by atoms with van der Waals surface area (Å²) in [6, 6.07) is -0.0219. The first kappa shape index (κ1) is 14.0. The molecule has 0 aromatic heterocycles. The van der Waals surface area contributed by atoms with Gasteiger partial charge in [-0.1, -0.05) is 0 Å². The first-order chi connectivity index (χ1) is 8.04. The second kappa shape index (κ2) is 6.59. The SMILES string of the molecule is CCOCC(C)NC(=O)[C@@H]1CC[C@H](C(=O)O)C1. The maximum Gasteiger partial charge on any atom is 0.306 e. The van der Waals surface area contributed by atoms with E-state index in [2.05, 4.69) is 5.32 Å². The van der Waals surface area contributed by atoms with Crippen molar-refractivity contribution in [1.82, 2.24) is 5.32 Å². The average molecular weight is 243 g/mol. The van der Waals surface area contributed by atoms with Crippen LogP contribution in [0.4, 0.5) is 0 Å². The summed E-state index contributed by atoms with van der Waals surface area (Å²) in [4.78, 5) is 22.6. The number of ether oxygens (including phenoxy) is 1. The summed E-state index contributed by atoms with van der Waals surface area (Å²) in [5, 5.41) is 11.7. The van der Waals surface area contributed by atoms with Crippen molar-refractivity contribution >= 4 is 11.9 Å². The van der Waals surface area contributed by atoms with Crippen LogP contribution in [0.1, 0.15) is 33.1 Å². The van der Waals surface area contributed by atoms with E-state index in [1.807, 2.05) is 13.8 Å². The Morgan fingerprint density at radius 1 is 1.41 bits per heavy atom. The molecular weight excluding hydrogens is 222 g/mol. The molecule has 5 heteroatoms. The Balaban J connectivity index is 2.31. The molecule has 17 heavy (non-hydrogen) atoms. The number of aliphatic carboxylic acids is 1. The van der Waals surface area contributed by atoms with Crippen molar-refractivity contribution in [2.75, 3.05) is 13.2 Å². The highest BCUT2D eigenvalue weighted by Crippen LogP contribution is 2.31. The summed E-state index contributed by atoms with van der Waals surface area (Å²) >= 11 is 0. The number of nitrogens with one attached hydrogen (secondary N) is 1. The lowest BCUT2D eigenvalue weighted by atomic mass is 10.0. The van der Waals surface area contributed by atoms with Crippen molar-refractivity contribution in [3.8, 4) is 0 Å². The van der Waals surface area contributed by atoms with Gasteiger partial charge in [0.05, 0.1) is 12.5 Å². The Kier molecular flexibility index (Phi) is 5.41. The third-order valence-corrected chi connectivity index (χ3v) is 3.11. The highest BCUT2D eigenvalue weighted by atomic mass is 16.5. The van der Waals surface area contributed by atoms with Crippen LogP contribution in [0.25, 0.3) is 0 Å². The molecular formula is C12H21NO4. The lowest BCUT2D eigenvalue weighted by Gasteiger charge is -2.16. The van der Waals surface area contributed by atoms with Crippen LogP contribution in [-0.4, -0.2) is 36.2 Å². The topological polar surface area (TPSA) is 75.6 Å². The van der Waals surface area contributed by atoms with Gasteiger partial charge in [0.1, 0.15) is 0 Å². The number of amides is 1. The molecule has 0 aliphatic heterocycles. The van der Waals surface area contributed by atoms with E-state index >= 15 is 0 Å². The van der Waals surface area contributed by atoms with Crippen LogP contribution >= 0.6 is 0 Å². The Labute approximate surface area is 102 Å². The molecule has 1 amide bonds. The van der Waals surface area contributed by atoms with E-state index in [0.29, 0.717) is 32.5 Å². The zero-order chi connectivity index (χ0) is 12.8. The number of hydrogen-bond donors (Lipinski definition) is 2. The smallest absolute Gasteiger partial charge is 0.306 e. The molecule has 1 unspecified atom stereocenters. The molecule has 1 saturated carbocycles. The molecule has 0 spiro atoms. The average Bonchev–Trinajstić information content (AvgIpc) is 2.75. The lowest BCUT2D eigenvalue weighted by Crippen LogP contribution is -2.39. The molecule has 0 aromatic carbocycles. The molecule has 1 aliphatic carbocycles. The molecule has 98 valence electrons. The highest BCUT2D eigenvalue weighted by molar-refractivity contribution is 5.81. The van der Waals surface area contributed by atoms with Crippen molar-refractivity contribution in [2.24, 2.45) is 11.8 Å². The van der Waals surface area contributed by atoms with E-state index < -0.39 is 5.97 Å². The van der Waals surface area contributed by atoms with Crippen LogP contribution < -0.4 is 5.32 Å². The maximum atomic E-state index is 11.8. The van der Waals surface area contributed by atoms with Gasteiger partial charge in [0.25, 0.3) is 0 Å². The first-order valence-corrected chi connectivity index (χ1v) is 6.15. The number of carbonyl (C=O) groups is 2. The predicted octanol–water partition coefficient (Wildman–Crippen LogP) is 1.03. The van der Waals surface area contributed by atoms with Crippen molar-refractivity contribution in [3.63, 3.8) is 0 Å². The summed E-state index contributed by atoms with van der Waals surface area (Å²) in [7, 11) is 0. The van der Waals surface area contributed by atoms with Gasteiger partial charge in [-0.3, -0.25) is 9.59 Å². The fourth-order valence-corrected chi connectivity index (χ4v) is 2.14. The molecule has 2 N–H and O–H groups in total. The van der Waals surface area contributed by atoms with Gasteiger partial charge in [-0.2, -0.15) is 0 Å². The quantitative estimate of drug-likeness (QED) is 0.730. The van der Waals surface area contributed by atoms with Gasteiger partial charge in [0.15, 0.2) is 0 Å². The van der Waals surface area contributed by atoms with E-state index in [0.717, 1.165) is 0 Å². The minimum absolute atomic E-state index is 0.0219. The van der Waals surface area contributed by atoms with Crippen LogP contribution in [-0.2, 0) is 14.3 Å². The van der Waals surface area contributed by atoms with Gasteiger partial charge >= 0.3 is 5.97 Å². The summed E-state index contributed by atoms with van der Waals surface area (Å²) in [5.74, 6) is -1.34. The molecule has 1 rings (SSSR count). The molecule has 5 nitrogen and oxygen atoms in total. The zero-order valence-electron chi connectivity index (χ0n) is 10.4. The molecule has 0 radical (unpaired) electrons. The second-order valence-corrected chi connectivity index (χ2v) is 4.61. The fourth-order valence-electron chi connectivity index (χ4n) is 2.14. The summed E-state index contributed by atoms with van der Waals surface area (Å²) in [6.45, 7) is 4.92. The summed E-state index contributed by atoms with van der Waals surface area (Å²) in [5.41, 5.74) is 0. The third-order valence-electron chi connectivity index (χ3n) is 3.11. The second-order valence-electron chi connectivity index (χ2n) is 4.61. The van der Waals surface area contributed by atoms with Crippen molar-refractivity contribution in [1.29, 1.82) is 0 Å². The summed E-state index contributed by atoms with van der Waals surface area (Å²) in [6.07, 6.45) is 1.74. The Morgan fingerprint density at radius 2 is 2.06 bits per heavy atom. The third kappa shape index (κ3) is 4.34. The number of rotatable bonds is 6. The molecule has 0 bridgehead atoms. The van der Waals surface area contributed by atoms with Gasteiger partial charge in [0, 0.05) is 18.6 Å². The number of carboxylic acid groups (broad SMARTS) is 1. The van der Waals surface area contributed by atoms with E-state index in [1.54, 1.807) is 0 Å². The molecule has 0 saturated heterocycles. The predicted molar refractivity (Wildman–Crippen MR) is 62.6 cm³/mol. The van der Waals surface area contributed by atoms with Crippen molar-refractivity contribution in [3.05, 3.63) is 0 Å². The number of carboxylic acids is 1. The first-order valence-electron chi connectivity index (χ1n) is 6.15. The molecule has 3 atom stereocenters. The largest absolute Gasteiger partial charge is 0.481 e. The Bertz CT molecular complexity index is 280. The standard InChI is InChI=1S/C12H21NO4/c1-3-17-7-8(2)13-11(14)9-4-5-10(6-9)12(15)16/h8-10H,3-7H2,1-2H3,(H,13,14)(H,15,16)/t8?,9-,10+/m1/s1. The maximum absolute atomic E-state index is 11.8. The van der Waals surface area contributed by atoms with Gasteiger partial charge in [-0.25, -0.2) is 0 Å². The monoisotopic (exact) mass is 243 g/mol. The van der Waals surface area contributed by atoms with Gasteiger partial charge < -0.3 is 15.2 Å².